The number of amides is 1. The van der Waals surface area contributed by atoms with E-state index < -0.39 is 0 Å². The molecule has 6 heteroatoms. The third-order valence-corrected chi connectivity index (χ3v) is 3.23. The number of hydrogen-bond acceptors (Lipinski definition) is 4. The third-order valence-electron chi connectivity index (χ3n) is 2.47. The highest BCUT2D eigenvalue weighted by molar-refractivity contribution is 7.09. The quantitative estimate of drug-likeness (QED) is 0.880. The van der Waals surface area contributed by atoms with Gasteiger partial charge in [0.05, 0.1) is 10.6 Å². The van der Waals surface area contributed by atoms with Crippen LogP contribution in [0.2, 0.25) is 0 Å². The molecule has 94 valence electrons. The number of aromatic amines is 1. The van der Waals surface area contributed by atoms with E-state index in [9.17, 15) is 9.59 Å². The van der Waals surface area contributed by atoms with E-state index in [0.717, 1.165) is 16.3 Å². The number of hydrogen-bond donors (Lipinski definition) is 2. The molecule has 0 unspecified atom stereocenters. The van der Waals surface area contributed by atoms with Crippen LogP contribution in [-0.2, 0) is 11.3 Å². The number of nitrogens with one attached hydrogen (secondary N) is 2. The van der Waals surface area contributed by atoms with Crippen LogP contribution in [0.25, 0.3) is 10.6 Å². The molecule has 18 heavy (non-hydrogen) atoms. The van der Waals surface area contributed by atoms with E-state index in [4.69, 9.17) is 0 Å². The van der Waals surface area contributed by atoms with Crippen molar-refractivity contribution in [1.29, 1.82) is 0 Å². The minimum Gasteiger partial charge on any atom is -0.357 e. The zero-order valence-corrected chi connectivity index (χ0v) is 10.9. The van der Waals surface area contributed by atoms with Crippen LogP contribution in [0.15, 0.2) is 23.1 Å². The van der Waals surface area contributed by atoms with E-state index in [-0.39, 0.29) is 17.9 Å². The van der Waals surface area contributed by atoms with Crippen molar-refractivity contribution in [2.75, 3.05) is 0 Å². The molecule has 0 aliphatic heterocycles. The van der Waals surface area contributed by atoms with Gasteiger partial charge >= 0.3 is 0 Å². The number of carbonyl (C=O) groups excluding carboxylic acids is 1. The molecule has 0 radical (unpaired) electrons. The van der Waals surface area contributed by atoms with E-state index >= 15 is 0 Å². The lowest BCUT2D eigenvalue weighted by molar-refractivity contribution is -0.119. The van der Waals surface area contributed by atoms with Gasteiger partial charge in [0, 0.05) is 37.0 Å². The second kappa shape index (κ2) is 5.14. The first-order valence-electron chi connectivity index (χ1n) is 5.46. The van der Waals surface area contributed by atoms with Gasteiger partial charge in [-0.2, -0.15) is 0 Å². The molecule has 0 bridgehead atoms. The lowest BCUT2D eigenvalue weighted by Crippen LogP contribution is -2.24. The summed E-state index contributed by atoms with van der Waals surface area (Å²) in [7, 11) is 0. The Labute approximate surface area is 108 Å². The molecule has 0 fully saturated rings. The van der Waals surface area contributed by atoms with Crippen LogP contribution in [0.4, 0.5) is 0 Å². The van der Waals surface area contributed by atoms with Gasteiger partial charge in [0.25, 0.3) is 0 Å². The van der Waals surface area contributed by atoms with E-state index in [1.807, 2.05) is 13.0 Å². The topological polar surface area (TPSA) is 74.8 Å². The van der Waals surface area contributed by atoms with Gasteiger partial charge in [0.15, 0.2) is 5.43 Å². The third kappa shape index (κ3) is 2.65. The van der Waals surface area contributed by atoms with Gasteiger partial charge in [-0.05, 0) is 24.5 Å². The average Bonchev–Trinajstić information content (AvgIpc) is 2.79. The molecule has 0 aliphatic rings. The molecule has 0 atom stereocenters. The molecule has 2 rings (SSSR count). The predicted octanol–water partition coefficient (Wildman–Crippen LogP) is 1.44. The lowest BCUT2D eigenvalue weighted by atomic mass is 10.1. The number of aryl methyl sites for hydroxylation is 1. The zero-order chi connectivity index (χ0) is 13.1. The molecular formula is C12H13N3O2S. The number of carbonyl (C=O) groups is 1. The van der Waals surface area contributed by atoms with E-state index in [2.05, 4.69) is 14.7 Å². The predicted molar refractivity (Wildman–Crippen MR) is 70.4 cm³/mol. The minimum atomic E-state index is -0.162. The number of pyridine rings is 1. The van der Waals surface area contributed by atoms with Gasteiger partial charge < -0.3 is 10.3 Å². The Bertz CT molecular complexity index is 617. The summed E-state index contributed by atoms with van der Waals surface area (Å²) in [4.78, 5) is 27.0. The van der Waals surface area contributed by atoms with Crippen molar-refractivity contribution in [3.8, 4) is 10.6 Å². The molecule has 1 amide bonds. The highest BCUT2D eigenvalue weighted by Gasteiger charge is 2.12. The average molecular weight is 263 g/mol. The lowest BCUT2D eigenvalue weighted by Gasteiger charge is -2.08. The molecule has 2 aromatic rings. The van der Waals surface area contributed by atoms with Crippen molar-refractivity contribution < 1.29 is 4.79 Å². The van der Waals surface area contributed by atoms with Crippen LogP contribution in [0.5, 0.6) is 0 Å². The fourth-order valence-electron chi connectivity index (χ4n) is 1.66. The van der Waals surface area contributed by atoms with Crippen molar-refractivity contribution in [2.24, 2.45) is 0 Å². The Kier molecular flexibility index (Phi) is 3.57. The smallest absolute Gasteiger partial charge is 0.217 e. The second-order valence-electron chi connectivity index (χ2n) is 3.96. The van der Waals surface area contributed by atoms with Crippen LogP contribution in [-0.4, -0.2) is 15.3 Å². The van der Waals surface area contributed by atoms with Crippen molar-refractivity contribution >= 4 is 17.4 Å². The maximum absolute atomic E-state index is 12.0. The number of nitrogens with zero attached hydrogens (tertiary/aromatic N) is 1. The first-order valence-corrected chi connectivity index (χ1v) is 6.23. The fourth-order valence-corrected chi connectivity index (χ4v) is 2.28. The van der Waals surface area contributed by atoms with Crippen LogP contribution in [0.3, 0.4) is 0 Å². The molecule has 2 N–H and O–H groups in total. The van der Waals surface area contributed by atoms with Crippen molar-refractivity contribution in [3.63, 3.8) is 0 Å². The molecule has 5 nitrogen and oxygen atoms in total. The van der Waals surface area contributed by atoms with Gasteiger partial charge in [-0.25, -0.2) is 4.37 Å². The molecule has 0 saturated heterocycles. The Morgan fingerprint density at radius 1 is 1.56 bits per heavy atom. The number of H-pyrrole nitrogens is 1. The number of rotatable bonds is 3. The summed E-state index contributed by atoms with van der Waals surface area (Å²) >= 11 is 1.31. The van der Waals surface area contributed by atoms with Gasteiger partial charge in [-0.3, -0.25) is 9.59 Å². The molecule has 0 saturated carbocycles. The van der Waals surface area contributed by atoms with Gasteiger partial charge in [-0.1, -0.05) is 0 Å². The summed E-state index contributed by atoms with van der Waals surface area (Å²) in [5.41, 5.74) is 2.00. The first kappa shape index (κ1) is 12.5. The summed E-state index contributed by atoms with van der Waals surface area (Å²) in [6.45, 7) is 3.47. The SMILES string of the molecule is CC(=O)NCc1c(-c2ccns2)[nH]c(C)cc1=O. The van der Waals surface area contributed by atoms with Gasteiger partial charge in [-0.15, -0.1) is 0 Å². The van der Waals surface area contributed by atoms with Crippen LogP contribution in [0.1, 0.15) is 18.2 Å². The summed E-state index contributed by atoms with van der Waals surface area (Å²) in [5.74, 6) is -0.162. The summed E-state index contributed by atoms with van der Waals surface area (Å²) in [5, 5.41) is 2.65. The monoisotopic (exact) mass is 263 g/mol. The largest absolute Gasteiger partial charge is 0.357 e. The van der Waals surface area contributed by atoms with E-state index in [1.54, 1.807) is 6.20 Å². The first-order chi connectivity index (χ1) is 8.58. The summed E-state index contributed by atoms with van der Waals surface area (Å²) < 4.78 is 4.03. The van der Waals surface area contributed by atoms with Crippen molar-refractivity contribution in [3.05, 3.63) is 39.8 Å². The van der Waals surface area contributed by atoms with E-state index in [0.29, 0.717) is 5.56 Å². The molecule has 0 spiro atoms. The van der Waals surface area contributed by atoms with E-state index in [1.165, 1.54) is 24.5 Å². The minimum absolute atomic E-state index is 0.0802. The Balaban J connectivity index is 2.49. The Morgan fingerprint density at radius 3 is 2.94 bits per heavy atom. The van der Waals surface area contributed by atoms with Crippen LogP contribution < -0.4 is 10.7 Å². The van der Waals surface area contributed by atoms with Crippen LogP contribution in [0, 0.1) is 6.92 Å². The highest BCUT2D eigenvalue weighted by atomic mass is 32.1. The fraction of sp³-hybridized carbons (Fsp3) is 0.250. The Morgan fingerprint density at radius 2 is 2.33 bits per heavy atom. The maximum atomic E-state index is 12.0. The van der Waals surface area contributed by atoms with Gasteiger partial charge in [0.2, 0.25) is 5.91 Å². The summed E-state index contributed by atoms with van der Waals surface area (Å²) in [6, 6.07) is 3.37. The zero-order valence-electron chi connectivity index (χ0n) is 10.1. The highest BCUT2D eigenvalue weighted by Crippen LogP contribution is 2.23. The molecule has 0 aliphatic carbocycles. The van der Waals surface area contributed by atoms with Gasteiger partial charge in [0.1, 0.15) is 0 Å². The standard InChI is InChI=1S/C12H13N3O2S/c1-7-5-10(17)9(6-13-8(2)16)12(15-7)11-3-4-14-18-11/h3-5H,6H2,1-2H3,(H,13,16)(H,15,17). The molecule has 0 aromatic carbocycles. The molecule has 2 aromatic heterocycles. The van der Waals surface area contributed by atoms with Crippen molar-refractivity contribution in [2.45, 2.75) is 20.4 Å². The normalized spacial score (nSPS) is 10.3. The second-order valence-corrected chi connectivity index (χ2v) is 4.79. The molecular weight excluding hydrogens is 250 g/mol. The molecule has 2 heterocycles. The maximum Gasteiger partial charge on any atom is 0.217 e. The van der Waals surface area contributed by atoms with Crippen molar-refractivity contribution in [1.82, 2.24) is 14.7 Å². The Hall–Kier alpha value is -1.95. The summed E-state index contributed by atoms with van der Waals surface area (Å²) in [6.07, 6.45) is 1.68. The van der Waals surface area contributed by atoms with Crippen LogP contribution >= 0.6 is 11.5 Å². The number of aromatic nitrogens is 2.